The fourth-order valence-electron chi connectivity index (χ4n) is 1.91. The van der Waals surface area contributed by atoms with Crippen LogP contribution in [0.1, 0.15) is 11.3 Å². The van der Waals surface area contributed by atoms with Gasteiger partial charge in [-0.05, 0) is 6.07 Å². The lowest BCUT2D eigenvalue weighted by atomic mass is 10.1. The van der Waals surface area contributed by atoms with Gasteiger partial charge in [-0.2, -0.15) is 18.4 Å². The summed E-state index contributed by atoms with van der Waals surface area (Å²) in [6.07, 6.45) is -4.58. The van der Waals surface area contributed by atoms with Crippen LogP contribution in [0, 0.1) is 11.3 Å². The highest BCUT2D eigenvalue weighted by Crippen LogP contribution is 2.38. The summed E-state index contributed by atoms with van der Waals surface area (Å²) in [7, 11) is 1.25. The largest absolute Gasteiger partial charge is 0.432 e. The number of nitriles is 1. The van der Waals surface area contributed by atoms with E-state index in [1.165, 1.54) is 25.2 Å². The Morgan fingerprint density at radius 1 is 1.35 bits per heavy atom. The van der Waals surface area contributed by atoms with Crippen LogP contribution in [0.3, 0.4) is 0 Å². The van der Waals surface area contributed by atoms with Crippen LogP contribution in [-0.2, 0) is 13.2 Å². The van der Waals surface area contributed by atoms with E-state index in [4.69, 9.17) is 16.9 Å². The Labute approximate surface area is 99.8 Å². The fourth-order valence-corrected chi connectivity index (χ4v) is 2.21. The number of para-hydroxylation sites is 1. The van der Waals surface area contributed by atoms with Crippen molar-refractivity contribution in [2.75, 3.05) is 0 Å². The first-order valence-electron chi connectivity index (χ1n) is 4.62. The number of hydrogen-bond acceptors (Lipinski definition) is 1. The van der Waals surface area contributed by atoms with Crippen LogP contribution in [0.4, 0.5) is 13.2 Å². The van der Waals surface area contributed by atoms with Gasteiger partial charge < -0.3 is 4.57 Å². The SMILES string of the molecule is Cn1c(C(F)(F)F)c(C#N)c2cccc(Cl)c21. The minimum absolute atomic E-state index is 0.192. The van der Waals surface area contributed by atoms with Crippen molar-refractivity contribution >= 4 is 22.5 Å². The van der Waals surface area contributed by atoms with Gasteiger partial charge in [-0.3, -0.25) is 0 Å². The molecule has 0 aliphatic carbocycles. The van der Waals surface area contributed by atoms with Gasteiger partial charge in [0.25, 0.3) is 0 Å². The molecule has 17 heavy (non-hydrogen) atoms. The number of nitrogens with zero attached hydrogens (tertiary/aromatic N) is 2. The summed E-state index contributed by atoms with van der Waals surface area (Å²) in [4.78, 5) is 0. The van der Waals surface area contributed by atoms with E-state index in [1.54, 1.807) is 6.07 Å². The third kappa shape index (κ3) is 1.65. The number of aryl methyl sites for hydroxylation is 1. The summed E-state index contributed by atoms with van der Waals surface area (Å²) in [5.74, 6) is 0. The summed E-state index contributed by atoms with van der Waals surface area (Å²) < 4.78 is 39.5. The Kier molecular flexibility index (Phi) is 2.55. The third-order valence-electron chi connectivity index (χ3n) is 2.54. The summed E-state index contributed by atoms with van der Waals surface area (Å²) in [6, 6.07) is 6.06. The maximum Gasteiger partial charge on any atom is 0.432 e. The summed E-state index contributed by atoms with van der Waals surface area (Å²) in [5, 5.41) is 9.29. The Balaban J connectivity index is 3.01. The van der Waals surface area contributed by atoms with Crippen LogP contribution in [0.25, 0.3) is 10.9 Å². The number of aromatic nitrogens is 1. The predicted octanol–water partition coefficient (Wildman–Crippen LogP) is 3.72. The molecule has 0 amide bonds. The molecule has 2 aromatic rings. The smallest absolute Gasteiger partial charge is 0.338 e. The van der Waals surface area contributed by atoms with Gasteiger partial charge in [-0.25, -0.2) is 0 Å². The van der Waals surface area contributed by atoms with E-state index in [2.05, 4.69) is 0 Å². The van der Waals surface area contributed by atoms with Crippen LogP contribution in [-0.4, -0.2) is 4.57 Å². The zero-order valence-corrected chi connectivity index (χ0v) is 9.39. The van der Waals surface area contributed by atoms with E-state index in [0.29, 0.717) is 0 Å². The van der Waals surface area contributed by atoms with Crippen molar-refractivity contribution in [1.29, 1.82) is 5.26 Å². The molecule has 0 radical (unpaired) electrons. The average molecular weight is 259 g/mol. The molecule has 6 heteroatoms. The minimum atomic E-state index is -4.58. The molecule has 1 heterocycles. The standard InChI is InChI=1S/C11H6ClF3N2/c1-17-9-6(3-2-4-8(9)12)7(5-16)10(17)11(13,14)15/h2-4H,1H3. The monoisotopic (exact) mass is 258 g/mol. The predicted molar refractivity (Wildman–Crippen MR) is 57.6 cm³/mol. The molecule has 0 aliphatic rings. The first kappa shape index (κ1) is 11.8. The van der Waals surface area contributed by atoms with Gasteiger partial charge in [-0.1, -0.05) is 23.7 Å². The van der Waals surface area contributed by atoms with Crippen LogP contribution in [0.2, 0.25) is 5.02 Å². The maximum atomic E-state index is 12.9. The second-order valence-electron chi connectivity index (χ2n) is 3.53. The molecular formula is C11H6ClF3N2. The highest BCUT2D eigenvalue weighted by molar-refractivity contribution is 6.35. The Morgan fingerprint density at radius 2 is 2.00 bits per heavy atom. The van der Waals surface area contributed by atoms with Gasteiger partial charge >= 0.3 is 6.18 Å². The van der Waals surface area contributed by atoms with Crippen LogP contribution in [0.15, 0.2) is 18.2 Å². The molecule has 2 rings (SSSR count). The topological polar surface area (TPSA) is 28.7 Å². The van der Waals surface area contributed by atoms with Crippen molar-refractivity contribution in [3.8, 4) is 6.07 Å². The quantitative estimate of drug-likeness (QED) is 0.708. The van der Waals surface area contributed by atoms with Gasteiger partial charge in [0, 0.05) is 12.4 Å². The Hall–Kier alpha value is -1.67. The molecule has 1 aromatic heterocycles. The van der Waals surface area contributed by atoms with E-state index in [0.717, 1.165) is 4.57 Å². The normalized spacial score (nSPS) is 11.8. The molecule has 0 fully saturated rings. The second kappa shape index (κ2) is 3.67. The van der Waals surface area contributed by atoms with Gasteiger partial charge in [0.2, 0.25) is 0 Å². The zero-order valence-electron chi connectivity index (χ0n) is 8.64. The van der Waals surface area contributed by atoms with Crippen molar-refractivity contribution in [2.24, 2.45) is 7.05 Å². The van der Waals surface area contributed by atoms with E-state index in [9.17, 15) is 13.2 Å². The van der Waals surface area contributed by atoms with Gasteiger partial charge in [0.05, 0.1) is 16.1 Å². The molecule has 0 saturated carbocycles. The third-order valence-corrected chi connectivity index (χ3v) is 2.85. The number of alkyl halides is 3. The molecule has 2 nitrogen and oxygen atoms in total. The number of benzene rings is 1. The lowest BCUT2D eigenvalue weighted by Crippen LogP contribution is -2.12. The van der Waals surface area contributed by atoms with Gasteiger partial charge in [-0.15, -0.1) is 0 Å². The molecule has 88 valence electrons. The lowest BCUT2D eigenvalue weighted by Gasteiger charge is -2.08. The van der Waals surface area contributed by atoms with Crippen molar-refractivity contribution in [3.63, 3.8) is 0 Å². The molecule has 0 spiro atoms. The van der Waals surface area contributed by atoms with Crippen LogP contribution in [0.5, 0.6) is 0 Å². The highest BCUT2D eigenvalue weighted by Gasteiger charge is 2.38. The zero-order chi connectivity index (χ0) is 12.8. The summed E-state index contributed by atoms with van der Waals surface area (Å²) >= 11 is 5.86. The first-order chi connectivity index (χ1) is 7.88. The van der Waals surface area contributed by atoms with Crippen molar-refractivity contribution < 1.29 is 13.2 Å². The molecule has 0 aliphatic heterocycles. The number of fused-ring (bicyclic) bond motifs is 1. The molecule has 0 saturated heterocycles. The van der Waals surface area contributed by atoms with Crippen molar-refractivity contribution in [1.82, 2.24) is 4.57 Å². The summed E-state index contributed by atoms with van der Waals surface area (Å²) in [5.41, 5.74) is -1.14. The highest BCUT2D eigenvalue weighted by atomic mass is 35.5. The molecule has 0 bridgehead atoms. The number of rotatable bonds is 0. The van der Waals surface area contributed by atoms with E-state index in [-0.39, 0.29) is 15.9 Å². The Morgan fingerprint density at radius 3 is 2.53 bits per heavy atom. The molecule has 0 N–H and O–H groups in total. The van der Waals surface area contributed by atoms with E-state index in [1.807, 2.05) is 0 Å². The van der Waals surface area contributed by atoms with Crippen LogP contribution < -0.4 is 0 Å². The summed E-state index contributed by atoms with van der Waals surface area (Å²) in [6.45, 7) is 0. The second-order valence-corrected chi connectivity index (χ2v) is 3.94. The maximum absolute atomic E-state index is 12.9. The van der Waals surface area contributed by atoms with Gasteiger partial charge in [0.1, 0.15) is 11.8 Å². The first-order valence-corrected chi connectivity index (χ1v) is 5.00. The van der Waals surface area contributed by atoms with E-state index < -0.39 is 17.4 Å². The number of halogens is 4. The average Bonchev–Trinajstić information content (AvgIpc) is 2.52. The van der Waals surface area contributed by atoms with Crippen molar-refractivity contribution in [3.05, 3.63) is 34.5 Å². The molecule has 1 aromatic carbocycles. The van der Waals surface area contributed by atoms with E-state index >= 15 is 0 Å². The molecular weight excluding hydrogens is 253 g/mol. The lowest BCUT2D eigenvalue weighted by molar-refractivity contribution is -0.143. The Bertz CT molecular complexity index is 635. The molecule has 0 atom stereocenters. The van der Waals surface area contributed by atoms with Gasteiger partial charge in [0.15, 0.2) is 0 Å². The van der Waals surface area contributed by atoms with Crippen molar-refractivity contribution in [2.45, 2.75) is 6.18 Å². The van der Waals surface area contributed by atoms with Crippen LogP contribution >= 0.6 is 11.6 Å². The fraction of sp³-hybridized carbons (Fsp3) is 0.182. The molecule has 0 unspecified atom stereocenters. The minimum Gasteiger partial charge on any atom is -0.338 e. The number of hydrogen-bond donors (Lipinski definition) is 0.